The quantitative estimate of drug-likeness (QED) is 0.522. The fraction of sp³-hybridized carbons (Fsp3) is 0.188. The number of carboxylic acid groups (broad SMARTS) is 1. The molecule has 0 amide bonds. The minimum absolute atomic E-state index is 0.211. The van der Waals surface area contributed by atoms with E-state index in [4.69, 9.17) is 10.4 Å². The molecule has 0 heterocycles. The molecule has 5 heteroatoms. The van der Waals surface area contributed by atoms with Crippen molar-refractivity contribution in [3.8, 4) is 6.07 Å². The largest absolute Gasteiger partial charge is 0.478 e. The number of nitrogens with zero attached hydrogens (tertiary/aromatic N) is 1. The molecule has 0 aliphatic carbocycles. The zero-order valence-electron chi connectivity index (χ0n) is 11.9. The summed E-state index contributed by atoms with van der Waals surface area (Å²) in [5, 5.41) is 17.1. The number of aliphatic carboxylic acids is 1. The van der Waals surface area contributed by atoms with Crippen LogP contribution in [0.5, 0.6) is 0 Å². The average molecular weight is 287 g/mol. The van der Waals surface area contributed by atoms with Crippen molar-refractivity contribution in [3.05, 3.63) is 53.6 Å². The summed E-state index contributed by atoms with van der Waals surface area (Å²) in [4.78, 5) is 20.0. The molecule has 0 aromatic heterocycles. The number of esters is 1. The van der Waals surface area contributed by atoms with Gasteiger partial charge in [0, 0.05) is 13.0 Å². The van der Waals surface area contributed by atoms with Gasteiger partial charge >= 0.3 is 11.9 Å². The molecule has 1 N–H and O–H groups in total. The Balaban J connectivity index is 0.000000567. The highest BCUT2D eigenvalue weighted by molar-refractivity contribution is 5.80. The van der Waals surface area contributed by atoms with Gasteiger partial charge in [0.15, 0.2) is 0 Å². The van der Waals surface area contributed by atoms with Crippen LogP contribution in [-0.2, 0) is 14.3 Å². The van der Waals surface area contributed by atoms with Crippen LogP contribution in [0.25, 0.3) is 6.08 Å². The summed E-state index contributed by atoms with van der Waals surface area (Å²) in [7, 11) is 0. The molecule has 0 unspecified atom stereocenters. The van der Waals surface area contributed by atoms with Gasteiger partial charge < -0.3 is 9.84 Å². The van der Waals surface area contributed by atoms with E-state index in [0.29, 0.717) is 12.2 Å². The molecule has 0 aliphatic heterocycles. The molecular weight excluding hydrogens is 270 g/mol. The van der Waals surface area contributed by atoms with E-state index in [2.05, 4.69) is 10.8 Å². The first-order valence-corrected chi connectivity index (χ1v) is 6.21. The highest BCUT2D eigenvalue weighted by atomic mass is 16.5. The van der Waals surface area contributed by atoms with Crippen LogP contribution in [-0.4, -0.2) is 23.7 Å². The highest BCUT2D eigenvalue weighted by Crippen LogP contribution is 2.08. The van der Waals surface area contributed by atoms with Crippen LogP contribution >= 0.6 is 0 Å². The molecule has 0 radical (unpaired) electrons. The van der Waals surface area contributed by atoms with Crippen LogP contribution in [0.3, 0.4) is 0 Å². The third kappa shape index (κ3) is 9.68. The molecule has 0 atom stereocenters. The van der Waals surface area contributed by atoms with E-state index in [9.17, 15) is 9.59 Å². The van der Waals surface area contributed by atoms with Crippen molar-refractivity contribution >= 4 is 18.0 Å². The first kappa shape index (κ1) is 18.1. The van der Waals surface area contributed by atoms with Crippen molar-refractivity contribution < 1.29 is 19.4 Å². The molecule has 1 aromatic carbocycles. The highest BCUT2D eigenvalue weighted by Gasteiger charge is 1.94. The maximum Gasteiger partial charge on any atom is 0.328 e. The molecule has 5 nitrogen and oxygen atoms in total. The monoisotopic (exact) mass is 287 g/mol. The number of carbonyl (C=O) groups excluding carboxylic acids is 1. The van der Waals surface area contributed by atoms with Crippen molar-refractivity contribution in [2.45, 2.75) is 13.8 Å². The molecule has 0 spiro atoms. The Morgan fingerprint density at radius 2 is 2.00 bits per heavy atom. The molecule has 0 aliphatic rings. The fourth-order valence-corrected chi connectivity index (χ4v) is 1.24. The second kappa shape index (κ2) is 11.0. The van der Waals surface area contributed by atoms with Crippen molar-refractivity contribution in [1.29, 1.82) is 5.26 Å². The Morgan fingerprint density at radius 3 is 2.48 bits per heavy atom. The van der Waals surface area contributed by atoms with Gasteiger partial charge in [0.1, 0.15) is 0 Å². The lowest BCUT2D eigenvalue weighted by atomic mass is 10.1. The van der Waals surface area contributed by atoms with Gasteiger partial charge in [0.05, 0.1) is 18.2 Å². The van der Waals surface area contributed by atoms with E-state index in [1.165, 1.54) is 13.0 Å². The third-order valence-corrected chi connectivity index (χ3v) is 2.05. The Labute approximate surface area is 123 Å². The topological polar surface area (TPSA) is 87.4 Å². The molecule has 1 aromatic rings. The average Bonchev–Trinajstić information content (AvgIpc) is 2.44. The van der Waals surface area contributed by atoms with E-state index >= 15 is 0 Å². The van der Waals surface area contributed by atoms with E-state index in [0.717, 1.165) is 11.6 Å². The van der Waals surface area contributed by atoms with Crippen LogP contribution in [0.15, 0.2) is 42.5 Å². The number of ether oxygens (including phenoxy) is 1. The molecule has 0 fully saturated rings. The molecule has 1 rings (SSSR count). The van der Waals surface area contributed by atoms with E-state index in [-0.39, 0.29) is 5.97 Å². The number of allylic oxidation sites excluding steroid dienone is 2. The summed E-state index contributed by atoms with van der Waals surface area (Å²) >= 11 is 0. The molecular formula is C16H17NO4. The minimum Gasteiger partial charge on any atom is -0.478 e. The van der Waals surface area contributed by atoms with Gasteiger partial charge in [-0.15, -0.1) is 0 Å². The predicted octanol–water partition coefficient (Wildman–Crippen LogP) is 2.78. The van der Waals surface area contributed by atoms with E-state index in [1.807, 2.05) is 6.07 Å². The molecule has 0 bridgehead atoms. The maximum atomic E-state index is 10.2. The smallest absolute Gasteiger partial charge is 0.328 e. The summed E-state index contributed by atoms with van der Waals surface area (Å²) in [6, 6.07) is 9.16. The summed E-state index contributed by atoms with van der Waals surface area (Å²) in [6.45, 7) is 3.65. The van der Waals surface area contributed by atoms with Crippen LogP contribution in [0.4, 0.5) is 0 Å². The molecule has 21 heavy (non-hydrogen) atoms. The summed E-state index contributed by atoms with van der Waals surface area (Å²) in [5.41, 5.74) is 1.34. The predicted molar refractivity (Wildman–Crippen MR) is 79.3 cm³/mol. The lowest BCUT2D eigenvalue weighted by molar-refractivity contribution is -0.140. The summed E-state index contributed by atoms with van der Waals surface area (Å²) in [6.07, 6.45) is 5.73. The van der Waals surface area contributed by atoms with Crippen LogP contribution in [0, 0.1) is 11.3 Å². The number of carboxylic acids is 1. The SMILES string of the molecule is CCOC(C)=O.N#Cc1ccccc1/C=C/C=C/C(=O)O. The second-order valence-electron chi connectivity index (χ2n) is 3.68. The summed E-state index contributed by atoms with van der Waals surface area (Å²) in [5.74, 6) is -1.20. The van der Waals surface area contributed by atoms with Gasteiger partial charge in [-0.25, -0.2) is 4.79 Å². The lowest BCUT2D eigenvalue weighted by Crippen LogP contribution is -1.95. The normalized spacial score (nSPS) is 9.76. The van der Waals surface area contributed by atoms with Crippen LogP contribution in [0.1, 0.15) is 25.0 Å². The first-order valence-electron chi connectivity index (χ1n) is 6.21. The maximum absolute atomic E-state index is 10.2. The lowest BCUT2D eigenvalue weighted by Gasteiger charge is -1.94. The third-order valence-electron chi connectivity index (χ3n) is 2.05. The standard InChI is InChI=1S/C12H9NO2.C4H8O2/c13-9-11-7-2-1-5-10(11)6-3-4-8-12(14)15;1-3-6-4(2)5/h1-8H,(H,14,15);3H2,1-2H3/b6-3+,8-4+;. The minimum atomic E-state index is -0.992. The second-order valence-corrected chi connectivity index (χ2v) is 3.68. The van der Waals surface area contributed by atoms with Gasteiger partial charge in [-0.05, 0) is 18.6 Å². The number of hydrogen-bond donors (Lipinski definition) is 1. The molecule has 0 saturated carbocycles. The zero-order valence-corrected chi connectivity index (χ0v) is 11.9. The van der Waals surface area contributed by atoms with Crippen LogP contribution < -0.4 is 0 Å². The number of rotatable bonds is 4. The fourth-order valence-electron chi connectivity index (χ4n) is 1.24. The van der Waals surface area contributed by atoms with E-state index < -0.39 is 5.97 Å². The Bertz CT molecular complexity index is 568. The van der Waals surface area contributed by atoms with Crippen molar-refractivity contribution in [3.63, 3.8) is 0 Å². The van der Waals surface area contributed by atoms with Gasteiger partial charge in [-0.1, -0.05) is 36.4 Å². The number of hydrogen-bond acceptors (Lipinski definition) is 4. The van der Waals surface area contributed by atoms with Crippen molar-refractivity contribution in [1.82, 2.24) is 0 Å². The number of carbonyl (C=O) groups is 2. The van der Waals surface area contributed by atoms with Crippen molar-refractivity contribution in [2.75, 3.05) is 6.61 Å². The zero-order chi connectivity index (χ0) is 16.1. The van der Waals surface area contributed by atoms with Gasteiger partial charge in [-0.3, -0.25) is 4.79 Å². The van der Waals surface area contributed by atoms with Gasteiger partial charge in [-0.2, -0.15) is 5.26 Å². The van der Waals surface area contributed by atoms with E-state index in [1.54, 1.807) is 37.3 Å². The number of nitriles is 1. The van der Waals surface area contributed by atoms with Crippen molar-refractivity contribution in [2.24, 2.45) is 0 Å². The van der Waals surface area contributed by atoms with Crippen LogP contribution in [0.2, 0.25) is 0 Å². The number of benzene rings is 1. The first-order chi connectivity index (χ1) is 10.0. The molecule has 110 valence electrons. The Hall–Kier alpha value is -2.87. The Morgan fingerprint density at radius 1 is 1.33 bits per heavy atom. The Kier molecular flexibility index (Phi) is 9.50. The summed E-state index contributed by atoms with van der Waals surface area (Å²) < 4.78 is 4.40. The van der Waals surface area contributed by atoms with Gasteiger partial charge in [0.2, 0.25) is 0 Å². The molecule has 0 saturated heterocycles. The van der Waals surface area contributed by atoms with Gasteiger partial charge in [0.25, 0.3) is 0 Å².